The van der Waals surface area contributed by atoms with Gasteiger partial charge in [-0.25, -0.2) is 0 Å². The summed E-state index contributed by atoms with van der Waals surface area (Å²) < 4.78 is 8.55. The van der Waals surface area contributed by atoms with Crippen molar-refractivity contribution in [2.45, 2.75) is 58.3 Å². The average Bonchev–Trinajstić information content (AvgIpc) is 2.80. The first-order chi connectivity index (χ1) is 10.3. The molecule has 0 spiro atoms. The highest BCUT2D eigenvalue weighted by molar-refractivity contribution is 5.43. The summed E-state index contributed by atoms with van der Waals surface area (Å²) in [6, 6.07) is 11.7. The Kier molecular flexibility index (Phi) is 4.00. The van der Waals surface area contributed by atoms with Crippen molar-refractivity contribution < 1.29 is 1.37 Å². The normalized spacial score (nSPS) is 23.1. The monoisotopic (exact) mass is 267 g/mol. The van der Waals surface area contributed by atoms with Crippen molar-refractivity contribution in [1.29, 1.82) is 0 Å². The van der Waals surface area contributed by atoms with Crippen LogP contribution in [-0.4, -0.2) is 0 Å². The predicted molar refractivity (Wildman–Crippen MR) is 86.7 cm³/mol. The summed E-state index contributed by atoms with van der Waals surface area (Å²) in [5.74, 6) is 0.636. The van der Waals surface area contributed by atoms with Crippen molar-refractivity contribution in [2.24, 2.45) is 5.92 Å². The van der Waals surface area contributed by atoms with Gasteiger partial charge in [0.1, 0.15) is 0 Å². The van der Waals surface area contributed by atoms with Crippen LogP contribution in [0.15, 0.2) is 53.1 Å². The highest BCUT2D eigenvalue weighted by Crippen LogP contribution is 2.44. The molecule has 0 nitrogen and oxygen atoms in total. The molecule has 1 aromatic rings. The van der Waals surface area contributed by atoms with E-state index in [9.17, 15) is 0 Å². The van der Waals surface area contributed by atoms with Crippen molar-refractivity contribution in [3.05, 3.63) is 58.7 Å². The van der Waals surface area contributed by atoms with Gasteiger partial charge in [-0.15, -0.1) is 0 Å². The summed E-state index contributed by atoms with van der Waals surface area (Å²) in [6.45, 7) is 2.22. The lowest BCUT2D eigenvalue weighted by atomic mass is 9.80. The van der Waals surface area contributed by atoms with Gasteiger partial charge in [-0.2, -0.15) is 0 Å². The molecule has 0 aliphatic heterocycles. The quantitative estimate of drug-likeness (QED) is 0.628. The molecule has 0 saturated heterocycles. The second kappa shape index (κ2) is 6.43. The van der Waals surface area contributed by atoms with Gasteiger partial charge in [0.05, 0.1) is 1.37 Å². The average molecular weight is 267 g/mol. The number of hydrogen-bond acceptors (Lipinski definition) is 0. The Morgan fingerprint density at radius 2 is 2.00 bits per heavy atom. The van der Waals surface area contributed by atoms with Gasteiger partial charge < -0.3 is 0 Å². The Balaban J connectivity index is 1.66. The third-order valence-electron chi connectivity index (χ3n) is 4.84. The molecule has 0 heteroatoms. The molecule has 1 unspecified atom stereocenters. The summed E-state index contributed by atoms with van der Waals surface area (Å²) >= 11 is 0. The topological polar surface area (TPSA) is 0 Å². The fourth-order valence-electron chi connectivity index (χ4n) is 3.80. The molecule has 1 aromatic carbocycles. The number of allylic oxidation sites excluding steroid dienone is 4. The van der Waals surface area contributed by atoms with E-state index >= 15 is 0 Å². The Morgan fingerprint density at radius 1 is 1.15 bits per heavy atom. The lowest BCUT2D eigenvalue weighted by molar-refractivity contribution is 0.493. The van der Waals surface area contributed by atoms with Crippen LogP contribution in [0.2, 0.25) is 0 Å². The molecule has 0 radical (unpaired) electrons. The Morgan fingerprint density at radius 3 is 2.80 bits per heavy atom. The van der Waals surface area contributed by atoms with E-state index in [0.717, 1.165) is 25.3 Å². The zero-order chi connectivity index (χ0) is 14.7. The van der Waals surface area contributed by atoms with Crippen LogP contribution >= 0.6 is 0 Å². The van der Waals surface area contributed by atoms with Crippen molar-refractivity contribution >= 4 is 0 Å². The molecule has 0 heterocycles. The van der Waals surface area contributed by atoms with Crippen molar-refractivity contribution in [3.63, 3.8) is 0 Å². The summed E-state index contributed by atoms with van der Waals surface area (Å²) in [5, 5.41) is 0. The third kappa shape index (κ3) is 2.90. The third-order valence-corrected chi connectivity index (χ3v) is 4.84. The summed E-state index contributed by atoms with van der Waals surface area (Å²) in [4.78, 5) is 0. The van der Waals surface area contributed by atoms with Crippen LogP contribution in [-0.2, 0) is 6.42 Å². The van der Waals surface area contributed by atoms with E-state index in [0.29, 0.717) is 5.92 Å². The van der Waals surface area contributed by atoms with Crippen molar-refractivity contribution in [1.82, 2.24) is 0 Å². The largest absolute Gasteiger partial charge is 0.0628 e. The van der Waals surface area contributed by atoms with E-state index < -0.39 is 0 Å². The van der Waals surface area contributed by atoms with Gasteiger partial charge in [0.25, 0.3) is 0 Å². The van der Waals surface area contributed by atoms with Crippen molar-refractivity contribution in [2.75, 3.05) is 0 Å². The highest BCUT2D eigenvalue weighted by Gasteiger charge is 2.28. The Labute approximate surface area is 125 Å². The van der Waals surface area contributed by atoms with Gasteiger partial charge >= 0.3 is 0 Å². The Hall–Kier alpha value is -1.30. The van der Waals surface area contributed by atoms with Gasteiger partial charge in [-0.05, 0) is 56.1 Å². The number of rotatable bonds is 5. The maximum absolute atomic E-state index is 8.55. The first kappa shape index (κ1) is 12.4. The van der Waals surface area contributed by atoms with E-state index in [2.05, 4.69) is 37.3 Å². The molecule has 2 aliphatic rings. The molecule has 20 heavy (non-hydrogen) atoms. The van der Waals surface area contributed by atoms with E-state index in [1.54, 1.807) is 5.57 Å². The maximum atomic E-state index is 8.55. The lowest BCUT2D eigenvalue weighted by Crippen LogP contribution is -2.10. The molecule has 1 atom stereocenters. The molecule has 0 aromatic heterocycles. The van der Waals surface area contributed by atoms with Crippen LogP contribution < -0.4 is 0 Å². The van der Waals surface area contributed by atoms with E-state index in [1.807, 2.05) is 0 Å². The fourth-order valence-corrected chi connectivity index (χ4v) is 3.80. The smallest absolute Gasteiger partial charge is 0.0625 e. The first-order valence-corrected chi connectivity index (χ1v) is 8.27. The van der Waals surface area contributed by atoms with E-state index in [4.69, 9.17) is 1.37 Å². The second-order valence-corrected chi connectivity index (χ2v) is 6.15. The summed E-state index contributed by atoms with van der Waals surface area (Å²) in [6.07, 6.45) is 9.71. The minimum atomic E-state index is 0.636. The summed E-state index contributed by atoms with van der Waals surface area (Å²) in [5.41, 5.74) is 5.89. The molecule has 3 rings (SSSR count). The minimum absolute atomic E-state index is 0.636. The van der Waals surface area contributed by atoms with Gasteiger partial charge in [-0.3, -0.25) is 0 Å². The molecule has 0 N–H and O–H groups in total. The van der Waals surface area contributed by atoms with Crippen LogP contribution in [0.4, 0.5) is 0 Å². The second-order valence-electron chi connectivity index (χ2n) is 6.15. The van der Waals surface area contributed by atoms with Crippen LogP contribution in [0.3, 0.4) is 0 Å². The Bertz CT molecular complexity index is 550. The molecule has 106 valence electrons. The molecule has 1 fully saturated rings. The fraction of sp³-hybridized carbons (Fsp3) is 0.500. The van der Waals surface area contributed by atoms with Crippen LogP contribution in [0.25, 0.3) is 0 Å². The molecule has 0 amide bonds. The standard InChI is InChI=1S/C20H26/c1-2-17-15-18(20-14-7-6-13-19(17)20)12-8-11-16-9-4-3-5-10-16/h3-5,9-10,15,20H,2,6-8,11-14H2,1H3/i15D. The molecule has 1 saturated carbocycles. The van der Waals surface area contributed by atoms with Crippen LogP contribution in [0.5, 0.6) is 0 Å². The zero-order valence-electron chi connectivity index (χ0n) is 13.6. The predicted octanol–water partition coefficient (Wildman–Crippen LogP) is 5.85. The van der Waals surface area contributed by atoms with E-state index in [-0.39, 0.29) is 0 Å². The lowest BCUT2D eigenvalue weighted by Gasteiger charge is -2.25. The van der Waals surface area contributed by atoms with Crippen molar-refractivity contribution in [3.8, 4) is 0 Å². The molecular formula is C20H26. The minimum Gasteiger partial charge on any atom is -0.0628 e. The first-order valence-electron chi connectivity index (χ1n) is 8.77. The molecular weight excluding hydrogens is 240 g/mol. The number of hydrogen-bond donors (Lipinski definition) is 0. The zero-order valence-corrected chi connectivity index (χ0v) is 12.6. The van der Waals surface area contributed by atoms with Gasteiger partial charge in [-0.1, -0.05) is 60.9 Å². The number of benzene rings is 1. The molecule has 0 bridgehead atoms. The van der Waals surface area contributed by atoms with Gasteiger partial charge in [0.2, 0.25) is 0 Å². The summed E-state index contributed by atoms with van der Waals surface area (Å²) in [7, 11) is 0. The number of fused-ring (bicyclic) bond motifs is 1. The molecule has 2 aliphatic carbocycles. The van der Waals surface area contributed by atoms with E-state index in [1.165, 1.54) is 48.8 Å². The van der Waals surface area contributed by atoms with Gasteiger partial charge in [0.15, 0.2) is 0 Å². The van der Waals surface area contributed by atoms with Crippen LogP contribution in [0, 0.1) is 5.92 Å². The maximum Gasteiger partial charge on any atom is 0.0625 e. The van der Waals surface area contributed by atoms with Crippen LogP contribution in [0.1, 0.15) is 58.8 Å². The number of aryl methyl sites for hydroxylation is 1. The highest BCUT2D eigenvalue weighted by atomic mass is 14.3. The SMILES string of the molecule is [2H]C1=C(CCCc2ccccc2)C2CCCCC2=C1CC. The van der Waals surface area contributed by atoms with Gasteiger partial charge in [0, 0.05) is 5.92 Å².